The molecule has 0 unspecified atom stereocenters. The van der Waals surface area contributed by atoms with Gasteiger partial charge in [-0.05, 0) is 13.8 Å². The van der Waals surface area contributed by atoms with E-state index >= 15 is 0 Å². The number of halogens is 1. The molecule has 0 amide bonds. The number of hydrogen-bond acceptors (Lipinski definition) is 4. The Kier molecular flexibility index (Phi) is 12.1. The molecule has 7 heteroatoms. The molecule has 21 heavy (non-hydrogen) atoms. The molecule has 0 saturated carbocycles. The van der Waals surface area contributed by atoms with Crippen molar-refractivity contribution in [3.63, 3.8) is 0 Å². The van der Waals surface area contributed by atoms with Crippen molar-refractivity contribution >= 4 is 53.0 Å². The first-order valence-corrected chi connectivity index (χ1v) is 8.70. The predicted octanol–water partition coefficient (Wildman–Crippen LogP) is 3.00. The van der Waals surface area contributed by atoms with Crippen molar-refractivity contribution in [1.82, 2.24) is 15.6 Å². The van der Waals surface area contributed by atoms with Crippen molar-refractivity contribution in [3.8, 4) is 0 Å². The summed E-state index contributed by atoms with van der Waals surface area (Å²) in [4.78, 5) is 10.0. The van der Waals surface area contributed by atoms with Crippen LogP contribution in [0.2, 0.25) is 0 Å². The van der Waals surface area contributed by atoms with E-state index in [1.54, 1.807) is 18.4 Å². The van der Waals surface area contributed by atoms with Gasteiger partial charge in [-0.3, -0.25) is 4.99 Å². The van der Waals surface area contributed by atoms with Gasteiger partial charge in [-0.2, -0.15) is 11.8 Å². The highest BCUT2D eigenvalue weighted by atomic mass is 127. The molecule has 1 aromatic rings. The third-order valence-electron chi connectivity index (χ3n) is 2.70. The third kappa shape index (κ3) is 8.67. The smallest absolute Gasteiger partial charge is 0.191 e. The van der Waals surface area contributed by atoms with Gasteiger partial charge in [0.25, 0.3) is 0 Å². The van der Waals surface area contributed by atoms with E-state index in [1.165, 1.54) is 9.88 Å². The zero-order valence-corrected chi connectivity index (χ0v) is 16.9. The summed E-state index contributed by atoms with van der Waals surface area (Å²) >= 11 is 3.64. The van der Waals surface area contributed by atoms with Crippen molar-refractivity contribution in [2.45, 2.75) is 20.3 Å². The van der Waals surface area contributed by atoms with E-state index in [0.29, 0.717) is 0 Å². The number of thiazole rings is 1. The average Bonchev–Trinajstić information content (AvgIpc) is 2.75. The second-order valence-corrected chi connectivity index (χ2v) is 6.73. The van der Waals surface area contributed by atoms with Crippen molar-refractivity contribution in [1.29, 1.82) is 0 Å². The van der Waals surface area contributed by atoms with Crippen LogP contribution in [0, 0.1) is 13.8 Å². The van der Waals surface area contributed by atoms with Crippen LogP contribution < -0.4 is 10.6 Å². The third-order valence-corrected chi connectivity index (χ3v) is 4.80. The lowest BCUT2D eigenvalue weighted by Crippen LogP contribution is -2.39. The van der Waals surface area contributed by atoms with E-state index < -0.39 is 0 Å². The summed E-state index contributed by atoms with van der Waals surface area (Å²) in [6.07, 6.45) is 2.86. The topological polar surface area (TPSA) is 49.3 Å². The fourth-order valence-electron chi connectivity index (χ4n) is 1.56. The Morgan fingerprint density at radius 2 is 2.10 bits per heavy atom. The molecule has 0 fully saturated rings. The molecule has 0 aromatic carbocycles. The van der Waals surface area contributed by atoms with Crippen LogP contribution in [0.3, 0.4) is 0 Å². The summed E-state index contributed by atoms with van der Waals surface area (Å²) in [6, 6.07) is 0. The number of thioether (sulfide) groups is 1. The zero-order valence-electron chi connectivity index (χ0n) is 12.9. The van der Waals surface area contributed by atoms with Gasteiger partial charge in [0.1, 0.15) is 0 Å². The van der Waals surface area contributed by atoms with Crippen LogP contribution in [0.15, 0.2) is 17.6 Å². The monoisotopic (exact) mass is 440 g/mol. The SMILES string of the molecule is C=CCSCCNC(=NC)NCCc1nc(C)c(C)s1.I. The number of guanidine groups is 1. The maximum absolute atomic E-state index is 4.53. The molecule has 0 aliphatic carbocycles. The molecule has 1 heterocycles. The standard InChI is InChI=1S/C14H24N4S2.HI/c1-5-9-19-10-8-17-14(15-4)16-7-6-13-18-11(2)12(3)20-13;/h5H,1,6-10H2,2-4H3,(H2,15,16,17);1H. The molecular weight excluding hydrogens is 415 g/mol. The van der Waals surface area contributed by atoms with Crippen LogP contribution in [0.25, 0.3) is 0 Å². The highest BCUT2D eigenvalue weighted by molar-refractivity contribution is 14.0. The number of nitrogens with one attached hydrogen (secondary N) is 2. The second kappa shape index (κ2) is 12.3. The van der Waals surface area contributed by atoms with Crippen LogP contribution in [-0.2, 0) is 6.42 Å². The molecule has 0 bridgehead atoms. The number of aliphatic imine (C=N–C) groups is 1. The number of aryl methyl sites for hydroxylation is 2. The minimum Gasteiger partial charge on any atom is -0.356 e. The van der Waals surface area contributed by atoms with Crippen molar-refractivity contribution in [3.05, 3.63) is 28.2 Å². The van der Waals surface area contributed by atoms with Crippen LogP contribution in [0.5, 0.6) is 0 Å². The van der Waals surface area contributed by atoms with Crippen LogP contribution in [0.4, 0.5) is 0 Å². The van der Waals surface area contributed by atoms with Gasteiger partial charge in [0.15, 0.2) is 5.96 Å². The van der Waals surface area contributed by atoms with E-state index in [1.807, 2.05) is 17.8 Å². The summed E-state index contributed by atoms with van der Waals surface area (Å²) in [5.41, 5.74) is 1.15. The quantitative estimate of drug-likeness (QED) is 0.215. The minimum atomic E-state index is 0. The Morgan fingerprint density at radius 3 is 2.67 bits per heavy atom. The first-order chi connectivity index (χ1) is 9.67. The van der Waals surface area contributed by atoms with Crippen molar-refractivity contribution in [2.75, 3.05) is 31.6 Å². The molecule has 0 saturated heterocycles. The summed E-state index contributed by atoms with van der Waals surface area (Å²) in [7, 11) is 1.80. The van der Waals surface area contributed by atoms with Crippen molar-refractivity contribution in [2.24, 2.45) is 4.99 Å². The first kappa shape index (κ1) is 20.7. The molecule has 0 aliphatic rings. The number of aromatic nitrogens is 1. The Balaban J connectivity index is 0.00000400. The molecular formula is C14H25IN4S2. The Morgan fingerprint density at radius 1 is 1.38 bits per heavy atom. The maximum Gasteiger partial charge on any atom is 0.191 e. The molecule has 2 N–H and O–H groups in total. The first-order valence-electron chi connectivity index (χ1n) is 6.73. The molecule has 0 radical (unpaired) electrons. The predicted molar refractivity (Wildman–Crippen MR) is 108 cm³/mol. The van der Waals surface area contributed by atoms with E-state index in [0.717, 1.165) is 42.7 Å². The van der Waals surface area contributed by atoms with E-state index in [9.17, 15) is 0 Å². The number of rotatable bonds is 8. The van der Waals surface area contributed by atoms with E-state index in [-0.39, 0.29) is 24.0 Å². The fourth-order valence-corrected chi connectivity index (χ4v) is 3.08. The number of nitrogens with zero attached hydrogens (tertiary/aromatic N) is 2. The molecule has 4 nitrogen and oxygen atoms in total. The zero-order chi connectivity index (χ0) is 14.8. The van der Waals surface area contributed by atoms with Crippen LogP contribution >= 0.6 is 47.1 Å². The normalized spacial score (nSPS) is 10.9. The summed E-state index contributed by atoms with van der Waals surface area (Å²) in [5, 5.41) is 7.80. The molecule has 120 valence electrons. The van der Waals surface area contributed by atoms with Crippen molar-refractivity contribution < 1.29 is 0 Å². The van der Waals surface area contributed by atoms with Gasteiger partial charge in [0, 0.05) is 42.9 Å². The summed E-state index contributed by atoms with van der Waals surface area (Å²) < 4.78 is 0. The maximum atomic E-state index is 4.53. The van der Waals surface area contributed by atoms with Gasteiger partial charge < -0.3 is 10.6 Å². The molecule has 0 aliphatic heterocycles. The van der Waals surface area contributed by atoms with Gasteiger partial charge in [-0.1, -0.05) is 6.08 Å². The largest absolute Gasteiger partial charge is 0.356 e. The van der Waals surface area contributed by atoms with E-state index in [2.05, 4.69) is 41.0 Å². The minimum absolute atomic E-state index is 0. The Bertz CT molecular complexity index is 427. The van der Waals surface area contributed by atoms with E-state index in [4.69, 9.17) is 0 Å². The van der Waals surface area contributed by atoms with Gasteiger partial charge >= 0.3 is 0 Å². The van der Waals surface area contributed by atoms with Gasteiger partial charge in [0.2, 0.25) is 0 Å². The lowest BCUT2D eigenvalue weighted by Gasteiger charge is -2.10. The van der Waals surface area contributed by atoms with Gasteiger partial charge in [0.05, 0.1) is 10.7 Å². The highest BCUT2D eigenvalue weighted by Crippen LogP contribution is 2.16. The Hall–Kier alpha value is -0.280. The highest BCUT2D eigenvalue weighted by Gasteiger charge is 2.03. The van der Waals surface area contributed by atoms with Gasteiger partial charge in [-0.25, -0.2) is 4.98 Å². The average molecular weight is 440 g/mol. The molecule has 1 aromatic heterocycles. The molecule has 0 atom stereocenters. The summed E-state index contributed by atoms with van der Waals surface area (Å²) in [6.45, 7) is 9.64. The lowest BCUT2D eigenvalue weighted by atomic mass is 10.4. The fraction of sp³-hybridized carbons (Fsp3) is 0.571. The van der Waals surface area contributed by atoms with Crippen LogP contribution in [0.1, 0.15) is 15.6 Å². The Labute approximate surface area is 153 Å². The molecule has 1 rings (SSSR count). The summed E-state index contributed by atoms with van der Waals surface area (Å²) in [5.74, 6) is 2.91. The molecule has 0 spiro atoms. The lowest BCUT2D eigenvalue weighted by molar-refractivity contribution is 0.807. The second-order valence-electron chi connectivity index (χ2n) is 4.29. The van der Waals surface area contributed by atoms with Gasteiger partial charge in [-0.15, -0.1) is 41.9 Å². The number of hydrogen-bond donors (Lipinski definition) is 2. The van der Waals surface area contributed by atoms with Crippen LogP contribution in [-0.4, -0.2) is 42.6 Å².